The maximum Gasteiger partial charge on any atom is 0.416 e. The van der Waals surface area contributed by atoms with Gasteiger partial charge >= 0.3 is 6.18 Å². The minimum absolute atomic E-state index is 0.0598. The molecule has 0 spiro atoms. The van der Waals surface area contributed by atoms with Gasteiger partial charge < -0.3 is 14.5 Å². The fraction of sp³-hybridized carbons (Fsp3) is 0.200. The summed E-state index contributed by atoms with van der Waals surface area (Å²) in [5.74, 6) is 0.413. The summed E-state index contributed by atoms with van der Waals surface area (Å²) in [6.45, 7) is 0.396. The summed E-state index contributed by atoms with van der Waals surface area (Å²) >= 11 is 0. The van der Waals surface area contributed by atoms with Gasteiger partial charge in [-0.05, 0) is 48.4 Å². The number of benzene rings is 2. The van der Waals surface area contributed by atoms with E-state index >= 15 is 0 Å². The van der Waals surface area contributed by atoms with Crippen molar-refractivity contribution >= 4 is 5.91 Å². The van der Waals surface area contributed by atoms with Crippen LogP contribution in [0.3, 0.4) is 0 Å². The molecule has 1 heterocycles. The third-order valence-corrected chi connectivity index (χ3v) is 4.05. The normalized spacial score (nSPS) is 11.3. The third-order valence-electron chi connectivity index (χ3n) is 4.05. The molecule has 1 N–H and O–H groups in total. The number of hydrogen-bond donors (Lipinski definition) is 1. The maximum absolute atomic E-state index is 12.6. The lowest BCUT2D eigenvalue weighted by molar-refractivity contribution is -0.137. The van der Waals surface area contributed by atoms with E-state index in [0.717, 1.165) is 23.4 Å². The molecule has 28 heavy (non-hydrogen) atoms. The van der Waals surface area contributed by atoms with Crippen molar-refractivity contribution in [2.24, 2.45) is 0 Å². The number of hydrogen-bond acceptors (Lipinski definition) is 4. The van der Waals surface area contributed by atoms with Crippen molar-refractivity contribution in [1.82, 2.24) is 10.3 Å². The molecule has 0 unspecified atom stereocenters. The lowest BCUT2D eigenvalue weighted by Crippen LogP contribution is -2.25. The number of ether oxygens (including phenoxy) is 1. The van der Waals surface area contributed by atoms with E-state index in [1.165, 1.54) is 18.4 Å². The molecule has 5 nitrogen and oxygen atoms in total. The van der Waals surface area contributed by atoms with Crippen molar-refractivity contribution < 1.29 is 27.1 Å². The molecule has 1 aromatic heterocycles. The number of rotatable bonds is 6. The Morgan fingerprint density at radius 3 is 2.39 bits per heavy atom. The van der Waals surface area contributed by atoms with Gasteiger partial charge in [0.05, 0.1) is 12.7 Å². The molecule has 0 atom stereocenters. The number of carbonyl (C=O) groups is 1. The standard InChI is InChI=1S/C20H17F3N2O3/c1-27-16-8-2-13(3-9-16)10-11-24-18(26)17-12-28-19(25-17)14-4-6-15(7-5-14)20(21,22)23/h2-9,12H,10-11H2,1H3,(H,24,26). The molecule has 0 aliphatic heterocycles. The molecule has 0 fully saturated rings. The van der Waals surface area contributed by atoms with Crippen LogP contribution in [-0.4, -0.2) is 24.5 Å². The molecule has 0 bridgehead atoms. The monoisotopic (exact) mass is 390 g/mol. The Morgan fingerprint density at radius 1 is 1.11 bits per heavy atom. The summed E-state index contributed by atoms with van der Waals surface area (Å²) in [6, 6.07) is 11.9. The summed E-state index contributed by atoms with van der Waals surface area (Å²) in [5.41, 5.74) is 0.681. The van der Waals surface area contributed by atoms with Gasteiger partial charge in [0, 0.05) is 12.1 Å². The highest BCUT2D eigenvalue weighted by atomic mass is 19.4. The van der Waals surface area contributed by atoms with Crippen LogP contribution >= 0.6 is 0 Å². The molecule has 0 saturated carbocycles. The molecule has 146 valence electrons. The zero-order chi connectivity index (χ0) is 20.1. The average molecular weight is 390 g/mol. The van der Waals surface area contributed by atoms with E-state index in [1.807, 2.05) is 24.3 Å². The third kappa shape index (κ3) is 4.70. The van der Waals surface area contributed by atoms with Crippen LogP contribution in [0.15, 0.2) is 59.2 Å². The highest BCUT2D eigenvalue weighted by Crippen LogP contribution is 2.30. The zero-order valence-corrected chi connectivity index (χ0v) is 14.9. The van der Waals surface area contributed by atoms with Crippen LogP contribution < -0.4 is 10.1 Å². The number of amides is 1. The van der Waals surface area contributed by atoms with E-state index in [0.29, 0.717) is 18.5 Å². The smallest absolute Gasteiger partial charge is 0.416 e. The quantitative estimate of drug-likeness (QED) is 0.680. The summed E-state index contributed by atoms with van der Waals surface area (Å²) in [6.07, 6.45) is -2.61. The Hall–Kier alpha value is -3.29. The molecule has 0 aliphatic rings. The summed E-state index contributed by atoms with van der Waals surface area (Å²) in [5, 5.41) is 2.73. The lowest BCUT2D eigenvalue weighted by atomic mass is 10.1. The van der Waals surface area contributed by atoms with Gasteiger partial charge in [0.1, 0.15) is 12.0 Å². The van der Waals surface area contributed by atoms with Crippen LogP contribution in [0.2, 0.25) is 0 Å². The number of nitrogens with one attached hydrogen (secondary N) is 1. The molecule has 0 aliphatic carbocycles. The predicted octanol–water partition coefficient (Wildman–Crippen LogP) is 4.34. The van der Waals surface area contributed by atoms with E-state index in [1.54, 1.807) is 7.11 Å². The van der Waals surface area contributed by atoms with Crippen LogP contribution in [0.5, 0.6) is 5.75 Å². The van der Waals surface area contributed by atoms with Gasteiger partial charge in [-0.2, -0.15) is 13.2 Å². The second-order valence-electron chi connectivity index (χ2n) is 5.97. The minimum atomic E-state index is -4.41. The van der Waals surface area contributed by atoms with Gasteiger partial charge in [-0.25, -0.2) is 4.98 Å². The van der Waals surface area contributed by atoms with Crippen molar-refractivity contribution in [3.8, 4) is 17.2 Å². The highest BCUT2D eigenvalue weighted by molar-refractivity contribution is 5.92. The van der Waals surface area contributed by atoms with Crippen LogP contribution in [0, 0.1) is 0 Å². The number of alkyl halides is 3. The minimum Gasteiger partial charge on any atom is -0.497 e. The number of methoxy groups -OCH3 is 1. The number of oxazole rings is 1. The van der Waals surface area contributed by atoms with Gasteiger partial charge in [0.2, 0.25) is 5.89 Å². The molecular formula is C20H17F3N2O3. The van der Waals surface area contributed by atoms with Crippen molar-refractivity contribution in [3.63, 3.8) is 0 Å². The van der Waals surface area contributed by atoms with Crippen LogP contribution in [-0.2, 0) is 12.6 Å². The Bertz CT molecular complexity index is 933. The number of aromatic nitrogens is 1. The Labute approximate surface area is 159 Å². The van der Waals surface area contributed by atoms with E-state index in [-0.39, 0.29) is 11.6 Å². The number of halogens is 3. The van der Waals surface area contributed by atoms with E-state index in [2.05, 4.69) is 10.3 Å². The predicted molar refractivity (Wildman–Crippen MR) is 96.0 cm³/mol. The number of carbonyl (C=O) groups excluding carboxylic acids is 1. The fourth-order valence-corrected chi connectivity index (χ4v) is 2.52. The topological polar surface area (TPSA) is 64.4 Å². The first-order valence-electron chi connectivity index (χ1n) is 8.41. The van der Waals surface area contributed by atoms with Gasteiger partial charge in [0.15, 0.2) is 5.69 Å². The van der Waals surface area contributed by atoms with Crippen molar-refractivity contribution in [3.05, 3.63) is 71.6 Å². The van der Waals surface area contributed by atoms with Crippen LogP contribution in [0.1, 0.15) is 21.6 Å². The Balaban J connectivity index is 1.57. The largest absolute Gasteiger partial charge is 0.497 e. The summed E-state index contributed by atoms with van der Waals surface area (Å²) in [7, 11) is 1.59. The molecule has 0 radical (unpaired) electrons. The molecule has 1 amide bonds. The molecular weight excluding hydrogens is 373 g/mol. The summed E-state index contributed by atoms with van der Waals surface area (Å²) < 4.78 is 48.1. The van der Waals surface area contributed by atoms with E-state index in [4.69, 9.17) is 9.15 Å². The zero-order valence-electron chi connectivity index (χ0n) is 14.9. The van der Waals surface area contributed by atoms with Gasteiger partial charge in [-0.3, -0.25) is 4.79 Å². The molecule has 3 rings (SSSR count). The first kappa shape index (κ1) is 19.5. The second kappa shape index (κ2) is 8.16. The average Bonchev–Trinajstić information content (AvgIpc) is 3.18. The van der Waals surface area contributed by atoms with E-state index in [9.17, 15) is 18.0 Å². The van der Waals surface area contributed by atoms with Crippen molar-refractivity contribution in [2.45, 2.75) is 12.6 Å². The molecule has 8 heteroatoms. The Kier molecular flexibility index (Phi) is 5.67. The summed E-state index contributed by atoms with van der Waals surface area (Å²) in [4.78, 5) is 16.2. The highest BCUT2D eigenvalue weighted by Gasteiger charge is 2.30. The van der Waals surface area contributed by atoms with Gasteiger partial charge in [-0.1, -0.05) is 12.1 Å². The number of nitrogens with zero attached hydrogens (tertiary/aromatic N) is 1. The first-order valence-corrected chi connectivity index (χ1v) is 8.41. The van der Waals surface area contributed by atoms with Crippen LogP contribution in [0.25, 0.3) is 11.5 Å². The lowest BCUT2D eigenvalue weighted by Gasteiger charge is -2.06. The Morgan fingerprint density at radius 2 is 1.79 bits per heavy atom. The molecule has 0 saturated heterocycles. The van der Waals surface area contributed by atoms with Crippen LogP contribution in [0.4, 0.5) is 13.2 Å². The van der Waals surface area contributed by atoms with E-state index < -0.39 is 17.6 Å². The fourth-order valence-electron chi connectivity index (χ4n) is 2.52. The van der Waals surface area contributed by atoms with Crippen molar-refractivity contribution in [2.75, 3.05) is 13.7 Å². The maximum atomic E-state index is 12.6. The second-order valence-corrected chi connectivity index (χ2v) is 5.97. The molecule has 2 aromatic carbocycles. The van der Waals surface area contributed by atoms with Crippen molar-refractivity contribution in [1.29, 1.82) is 0 Å². The van der Waals surface area contributed by atoms with Gasteiger partial charge in [-0.15, -0.1) is 0 Å². The SMILES string of the molecule is COc1ccc(CCNC(=O)c2coc(-c3ccc(C(F)(F)F)cc3)n2)cc1. The van der Waals surface area contributed by atoms with Gasteiger partial charge in [0.25, 0.3) is 5.91 Å². The first-order chi connectivity index (χ1) is 13.4. The molecule has 3 aromatic rings.